The van der Waals surface area contributed by atoms with E-state index in [1.165, 1.54) is 17.8 Å². The Balaban J connectivity index is 2.11. The highest BCUT2D eigenvalue weighted by Gasteiger charge is 2.14. The van der Waals surface area contributed by atoms with Crippen molar-refractivity contribution in [2.24, 2.45) is 0 Å². The smallest absolute Gasteiger partial charge is 0.274 e. The molecule has 2 rings (SSSR count). The normalized spacial score (nSPS) is 12.1. The summed E-state index contributed by atoms with van der Waals surface area (Å²) in [5.74, 6) is 0.488. The van der Waals surface area contributed by atoms with Crippen LogP contribution in [0.1, 0.15) is 24.2 Å². The minimum atomic E-state index is -0.499. The van der Waals surface area contributed by atoms with E-state index in [4.69, 9.17) is 11.6 Å². The van der Waals surface area contributed by atoms with Gasteiger partial charge in [-0.25, -0.2) is 0 Å². The van der Waals surface area contributed by atoms with Crippen LogP contribution in [0.25, 0.3) is 0 Å². The second-order valence-electron chi connectivity index (χ2n) is 4.56. The van der Waals surface area contributed by atoms with Crippen LogP contribution in [-0.2, 0) is 5.75 Å². The predicted molar refractivity (Wildman–Crippen MR) is 84.7 cm³/mol. The van der Waals surface area contributed by atoms with Gasteiger partial charge in [0.1, 0.15) is 0 Å². The van der Waals surface area contributed by atoms with Gasteiger partial charge in [-0.05, 0) is 36.8 Å². The van der Waals surface area contributed by atoms with Gasteiger partial charge in [-0.2, -0.15) is 0 Å². The van der Waals surface area contributed by atoms with Crippen LogP contribution >= 0.6 is 23.4 Å². The molecule has 1 N–H and O–H groups in total. The Morgan fingerprint density at radius 1 is 1.29 bits per heavy atom. The molecule has 0 aliphatic heterocycles. The summed E-state index contributed by atoms with van der Waals surface area (Å²) in [5.41, 5.74) is 1.52. The molecule has 0 aromatic heterocycles. The van der Waals surface area contributed by atoms with Crippen molar-refractivity contribution in [3.63, 3.8) is 0 Å². The Bertz CT molecular complexity index is 644. The van der Waals surface area contributed by atoms with Crippen LogP contribution in [0.15, 0.2) is 47.4 Å². The van der Waals surface area contributed by atoms with E-state index in [0.717, 1.165) is 10.5 Å². The SMILES string of the molecule is CC(O)c1ccc(SCc2ccc(Cl)cc2[N+](=O)[O-])cc1. The third-order valence-electron chi connectivity index (χ3n) is 3.00. The van der Waals surface area contributed by atoms with Gasteiger partial charge in [-0.15, -0.1) is 11.8 Å². The lowest BCUT2D eigenvalue weighted by molar-refractivity contribution is -0.385. The average Bonchev–Trinajstić information content (AvgIpc) is 2.46. The summed E-state index contributed by atoms with van der Waals surface area (Å²) in [6, 6.07) is 12.2. The Morgan fingerprint density at radius 2 is 1.95 bits per heavy atom. The maximum Gasteiger partial charge on any atom is 0.274 e. The Kier molecular flexibility index (Phi) is 5.22. The molecule has 21 heavy (non-hydrogen) atoms. The monoisotopic (exact) mass is 323 g/mol. The van der Waals surface area contributed by atoms with E-state index in [1.54, 1.807) is 19.1 Å². The molecule has 0 fully saturated rings. The molecule has 2 aromatic carbocycles. The van der Waals surface area contributed by atoms with Crippen molar-refractivity contribution in [1.82, 2.24) is 0 Å². The van der Waals surface area contributed by atoms with Crippen molar-refractivity contribution >= 4 is 29.1 Å². The molecule has 0 spiro atoms. The molecule has 0 saturated heterocycles. The zero-order valence-electron chi connectivity index (χ0n) is 11.3. The number of hydrogen-bond acceptors (Lipinski definition) is 4. The number of thioether (sulfide) groups is 1. The summed E-state index contributed by atoms with van der Waals surface area (Å²) >= 11 is 7.29. The molecule has 0 saturated carbocycles. The van der Waals surface area contributed by atoms with Crippen molar-refractivity contribution in [1.29, 1.82) is 0 Å². The van der Waals surface area contributed by atoms with Crippen molar-refractivity contribution in [3.05, 3.63) is 68.7 Å². The zero-order chi connectivity index (χ0) is 15.4. The number of aliphatic hydroxyl groups excluding tert-OH is 1. The summed E-state index contributed by atoms with van der Waals surface area (Å²) in [6.07, 6.45) is -0.499. The van der Waals surface area contributed by atoms with Gasteiger partial charge in [0.25, 0.3) is 5.69 Å². The van der Waals surface area contributed by atoms with Crippen molar-refractivity contribution in [2.45, 2.75) is 23.7 Å². The van der Waals surface area contributed by atoms with Gasteiger partial charge in [0.15, 0.2) is 0 Å². The number of halogens is 1. The number of nitro benzene ring substituents is 1. The quantitative estimate of drug-likeness (QED) is 0.496. The molecule has 0 bridgehead atoms. The highest BCUT2D eigenvalue weighted by molar-refractivity contribution is 7.98. The molecule has 2 aromatic rings. The molecular weight excluding hydrogens is 310 g/mol. The van der Waals surface area contributed by atoms with Gasteiger partial charge in [-0.1, -0.05) is 23.7 Å². The number of rotatable bonds is 5. The average molecular weight is 324 g/mol. The second kappa shape index (κ2) is 6.93. The number of nitro groups is 1. The highest BCUT2D eigenvalue weighted by Crippen LogP contribution is 2.30. The molecule has 1 atom stereocenters. The third kappa shape index (κ3) is 4.20. The molecule has 4 nitrogen and oxygen atoms in total. The van der Waals surface area contributed by atoms with Gasteiger partial charge in [0.2, 0.25) is 0 Å². The molecule has 0 aliphatic carbocycles. The lowest BCUT2D eigenvalue weighted by Gasteiger charge is -2.07. The summed E-state index contributed by atoms with van der Waals surface area (Å²) in [7, 11) is 0. The van der Waals surface area contributed by atoms with Gasteiger partial charge in [0.05, 0.1) is 11.0 Å². The fourth-order valence-electron chi connectivity index (χ4n) is 1.83. The van der Waals surface area contributed by atoms with Crippen LogP contribution in [0.4, 0.5) is 5.69 Å². The molecule has 1 unspecified atom stereocenters. The van der Waals surface area contributed by atoms with Crippen molar-refractivity contribution in [3.8, 4) is 0 Å². The number of aliphatic hydroxyl groups is 1. The van der Waals surface area contributed by atoms with Crippen molar-refractivity contribution < 1.29 is 10.0 Å². The van der Waals surface area contributed by atoms with Gasteiger partial charge < -0.3 is 5.11 Å². The van der Waals surface area contributed by atoms with Crippen LogP contribution in [0.2, 0.25) is 5.02 Å². The first-order valence-corrected chi connectivity index (χ1v) is 7.67. The van der Waals surface area contributed by atoms with Crippen molar-refractivity contribution in [2.75, 3.05) is 0 Å². The van der Waals surface area contributed by atoms with E-state index in [1.807, 2.05) is 24.3 Å². The lowest BCUT2D eigenvalue weighted by Crippen LogP contribution is -1.94. The van der Waals surface area contributed by atoms with Gasteiger partial charge >= 0.3 is 0 Å². The summed E-state index contributed by atoms with van der Waals surface area (Å²) < 4.78 is 0. The van der Waals surface area contributed by atoms with Crippen LogP contribution < -0.4 is 0 Å². The highest BCUT2D eigenvalue weighted by atomic mass is 35.5. The van der Waals surface area contributed by atoms with Crippen LogP contribution in [0.5, 0.6) is 0 Å². The van der Waals surface area contributed by atoms with E-state index in [2.05, 4.69) is 0 Å². The minimum absolute atomic E-state index is 0.0376. The van der Waals surface area contributed by atoms with Gasteiger partial charge in [0, 0.05) is 27.3 Å². The Hall–Kier alpha value is -1.56. The minimum Gasteiger partial charge on any atom is -0.389 e. The molecule has 0 heterocycles. The second-order valence-corrected chi connectivity index (χ2v) is 6.05. The van der Waals surface area contributed by atoms with Crippen LogP contribution in [0.3, 0.4) is 0 Å². The number of hydrogen-bond donors (Lipinski definition) is 1. The van der Waals surface area contributed by atoms with Crippen LogP contribution in [-0.4, -0.2) is 10.0 Å². The Labute approximate surface area is 131 Å². The summed E-state index contributed by atoms with van der Waals surface area (Å²) in [5, 5.41) is 20.8. The standard InChI is InChI=1S/C15H14ClNO3S/c1-10(18)11-3-6-14(7-4-11)21-9-12-2-5-13(16)8-15(12)17(19)20/h2-8,10,18H,9H2,1H3. The van der Waals surface area contributed by atoms with Crippen LogP contribution in [0, 0.1) is 10.1 Å². The third-order valence-corrected chi connectivity index (χ3v) is 4.30. The Morgan fingerprint density at radius 3 is 2.52 bits per heavy atom. The maximum absolute atomic E-state index is 11.0. The fraction of sp³-hybridized carbons (Fsp3) is 0.200. The molecule has 6 heteroatoms. The van der Waals surface area contributed by atoms with Gasteiger partial charge in [-0.3, -0.25) is 10.1 Å². The number of nitrogens with zero attached hydrogens (tertiary/aromatic N) is 1. The first kappa shape index (κ1) is 15.8. The first-order valence-electron chi connectivity index (χ1n) is 6.31. The lowest BCUT2D eigenvalue weighted by atomic mass is 10.1. The topological polar surface area (TPSA) is 63.4 Å². The predicted octanol–water partition coefficient (Wildman–Crippen LogP) is 4.59. The zero-order valence-corrected chi connectivity index (χ0v) is 12.9. The first-order chi connectivity index (χ1) is 9.97. The number of benzene rings is 2. The van der Waals surface area contributed by atoms with E-state index in [-0.39, 0.29) is 5.69 Å². The molecule has 0 aliphatic rings. The fourth-order valence-corrected chi connectivity index (χ4v) is 2.89. The van der Waals surface area contributed by atoms with E-state index in [9.17, 15) is 15.2 Å². The van der Waals surface area contributed by atoms with E-state index < -0.39 is 11.0 Å². The summed E-state index contributed by atoms with van der Waals surface area (Å²) in [6.45, 7) is 1.71. The molecule has 0 amide bonds. The summed E-state index contributed by atoms with van der Waals surface area (Å²) in [4.78, 5) is 11.6. The maximum atomic E-state index is 11.0. The van der Waals surface area contributed by atoms with E-state index >= 15 is 0 Å². The molecule has 110 valence electrons. The molecular formula is C15H14ClNO3S. The largest absolute Gasteiger partial charge is 0.389 e. The van der Waals surface area contributed by atoms with E-state index in [0.29, 0.717) is 16.3 Å². The molecule has 0 radical (unpaired) electrons.